The highest BCUT2D eigenvalue weighted by atomic mass is 19.1. The van der Waals surface area contributed by atoms with Crippen molar-refractivity contribution in [3.63, 3.8) is 0 Å². The van der Waals surface area contributed by atoms with Crippen molar-refractivity contribution in [2.24, 2.45) is 5.92 Å². The van der Waals surface area contributed by atoms with E-state index in [9.17, 15) is 4.39 Å². The summed E-state index contributed by atoms with van der Waals surface area (Å²) in [5, 5.41) is 0. The predicted molar refractivity (Wildman–Crippen MR) is 72.9 cm³/mol. The van der Waals surface area contributed by atoms with Crippen LogP contribution in [0, 0.1) is 11.7 Å². The smallest absolute Gasteiger partial charge is 0.123 e. The first-order valence-electron chi connectivity index (χ1n) is 6.92. The molecule has 0 N–H and O–H groups in total. The molecular weight excluding hydrogens is 223 g/mol. The van der Waals surface area contributed by atoms with Gasteiger partial charge in [-0.25, -0.2) is 4.39 Å². The van der Waals surface area contributed by atoms with Gasteiger partial charge in [0.1, 0.15) is 5.82 Å². The van der Waals surface area contributed by atoms with Crippen LogP contribution in [-0.4, -0.2) is 0 Å². The van der Waals surface area contributed by atoms with Crippen LogP contribution < -0.4 is 0 Å². The molecule has 2 aliphatic rings. The van der Waals surface area contributed by atoms with Crippen LogP contribution in [0.2, 0.25) is 0 Å². The molecule has 0 aromatic heterocycles. The van der Waals surface area contributed by atoms with Crippen molar-refractivity contribution in [2.75, 3.05) is 0 Å². The second-order valence-corrected chi connectivity index (χ2v) is 5.52. The normalized spacial score (nSPS) is 22.5. The van der Waals surface area contributed by atoms with E-state index in [2.05, 4.69) is 24.3 Å². The quantitative estimate of drug-likeness (QED) is 0.700. The van der Waals surface area contributed by atoms with Crippen LogP contribution >= 0.6 is 0 Å². The third kappa shape index (κ3) is 1.92. The van der Waals surface area contributed by atoms with E-state index in [-0.39, 0.29) is 11.2 Å². The minimum Gasteiger partial charge on any atom is -0.207 e. The van der Waals surface area contributed by atoms with Crippen molar-refractivity contribution in [1.29, 1.82) is 0 Å². The fourth-order valence-corrected chi connectivity index (χ4v) is 3.58. The van der Waals surface area contributed by atoms with Gasteiger partial charge in [0, 0.05) is 11.3 Å². The van der Waals surface area contributed by atoms with Crippen molar-refractivity contribution in [2.45, 2.75) is 37.5 Å². The molecule has 3 rings (SSSR count). The molecule has 0 aliphatic heterocycles. The Balaban J connectivity index is 2.01. The minimum atomic E-state index is -0.137. The molecule has 94 valence electrons. The third-order valence-corrected chi connectivity index (χ3v) is 4.55. The van der Waals surface area contributed by atoms with E-state index in [1.807, 2.05) is 12.1 Å². The first-order chi connectivity index (χ1) is 8.81. The van der Waals surface area contributed by atoms with Gasteiger partial charge < -0.3 is 0 Å². The van der Waals surface area contributed by atoms with E-state index in [1.54, 1.807) is 12.1 Å². The van der Waals surface area contributed by atoms with Gasteiger partial charge in [0.25, 0.3) is 0 Å². The molecule has 1 aromatic carbocycles. The molecule has 0 unspecified atom stereocenters. The molecule has 1 saturated carbocycles. The lowest BCUT2D eigenvalue weighted by Crippen LogP contribution is -2.35. The monoisotopic (exact) mass is 242 g/mol. The summed E-state index contributed by atoms with van der Waals surface area (Å²) in [7, 11) is 0. The molecule has 2 aliphatic carbocycles. The average Bonchev–Trinajstić information content (AvgIpc) is 2.95. The van der Waals surface area contributed by atoms with E-state index in [0.717, 1.165) is 0 Å². The lowest BCUT2D eigenvalue weighted by molar-refractivity contribution is 0.253. The summed E-state index contributed by atoms with van der Waals surface area (Å²) in [5.41, 5.74) is 1.51. The highest BCUT2D eigenvalue weighted by Gasteiger charge is 2.39. The molecule has 1 heteroatoms. The molecule has 0 spiro atoms. The van der Waals surface area contributed by atoms with Crippen LogP contribution in [0.5, 0.6) is 0 Å². The number of benzene rings is 1. The summed E-state index contributed by atoms with van der Waals surface area (Å²) in [4.78, 5) is 0. The standard InChI is InChI=1S/C17H19F/c18-16-10-8-15(9-11-16)17(12-4-1-5-13-17)14-6-2-3-7-14/h2-3,6-11,14H,1,4-5,12-13H2. The van der Waals surface area contributed by atoms with Crippen molar-refractivity contribution in [3.05, 3.63) is 60.0 Å². The molecule has 0 nitrogen and oxygen atoms in total. The number of hydrogen-bond acceptors (Lipinski definition) is 0. The fraction of sp³-hybridized carbons (Fsp3) is 0.412. The maximum Gasteiger partial charge on any atom is 0.123 e. The average molecular weight is 242 g/mol. The van der Waals surface area contributed by atoms with Crippen molar-refractivity contribution in [1.82, 2.24) is 0 Å². The summed E-state index contributed by atoms with van der Waals surface area (Å²) >= 11 is 0. The van der Waals surface area contributed by atoms with Crippen LogP contribution in [0.15, 0.2) is 48.6 Å². The number of hydrogen-bond donors (Lipinski definition) is 0. The molecular formula is C17H19F. The topological polar surface area (TPSA) is 0 Å². The van der Waals surface area contributed by atoms with E-state index in [4.69, 9.17) is 0 Å². The Morgan fingerprint density at radius 3 is 2.11 bits per heavy atom. The van der Waals surface area contributed by atoms with Gasteiger partial charge in [-0.1, -0.05) is 55.7 Å². The molecule has 0 bridgehead atoms. The zero-order valence-electron chi connectivity index (χ0n) is 10.6. The Kier molecular flexibility index (Phi) is 3.07. The van der Waals surface area contributed by atoms with Gasteiger partial charge in [-0.2, -0.15) is 0 Å². The van der Waals surface area contributed by atoms with Crippen LogP contribution in [0.4, 0.5) is 4.39 Å². The third-order valence-electron chi connectivity index (χ3n) is 4.55. The van der Waals surface area contributed by atoms with E-state index >= 15 is 0 Å². The summed E-state index contributed by atoms with van der Waals surface area (Å²) in [6.45, 7) is 0. The van der Waals surface area contributed by atoms with Crippen LogP contribution in [0.25, 0.3) is 0 Å². The zero-order valence-corrected chi connectivity index (χ0v) is 10.6. The first-order valence-corrected chi connectivity index (χ1v) is 6.92. The second-order valence-electron chi connectivity index (χ2n) is 5.52. The van der Waals surface area contributed by atoms with E-state index in [1.165, 1.54) is 37.7 Å². The molecule has 0 amide bonds. The molecule has 0 heterocycles. The van der Waals surface area contributed by atoms with Gasteiger partial charge in [0.15, 0.2) is 0 Å². The zero-order chi connectivity index (χ0) is 12.4. The largest absolute Gasteiger partial charge is 0.207 e. The Morgan fingerprint density at radius 2 is 1.50 bits per heavy atom. The number of rotatable bonds is 2. The van der Waals surface area contributed by atoms with Crippen LogP contribution in [0.1, 0.15) is 37.7 Å². The molecule has 18 heavy (non-hydrogen) atoms. The lowest BCUT2D eigenvalue weighted by Gasteiger charge is -2.41. The van der Waals surface area contributed by atoms with Crippen molar-refractivity contribution < 1.29 is 4.39 Å². The summed E-state index contributed by atoms with van der Waals surface area (Å²) in [5.74, 6) is 0.352. The van der Waals surface area contributed by atoms with Gasteiger partial charge >= 0.3 is 0 Å². The Hall–Kier alpha value is -1.37. The highest BCUT2D eigenvalue weighted by molar-refractivity contribution is 5.34. The summed E-state index contributed by atoms with van der Waals surface area (Å²) in [6.07, 6.45) is 15.2. The van der Waals surface area contributed by atoms with Crippen LogP contribution in [0.3, 0.4) is 0 Å². The molecule has 1 aromatic rings. The molecule has 0 saturated heterocycles. The van der Waals surface area contributed by atoms with Crippen molar-refractivity contribution in [3.8, 4) is 0 Å². The van der Waals surface area contributed by atoms with E-state index in [0.29, 0.717) is 5.92 Å². The first kappa shape index (κ1) is 11.7. The number of halogens is 1. The molecule has 1 fully saturated rings. The Morgan fingerprint density at radius 1 is 0.889 bits per heavy atom. The SMILES string of the molecule is Fc1ccc(C2(C3C=CC=C3)CCCCC2)cc1. The minimum absolute atomic E-state index is 0.137. The maximum atomic E-state index is 13.1. The fourth-order valence-electron chi connectivity index (χ4n) is 3.58. The van der Waals surface area contributed by atoms with Gasteiger partial charge in [-0.05, 0) is 30.5 Å². The van der Waals surface area contributed by atoms with Gasteiger partial charge in [0.2, 0.25) is 0 Å². The maximum absolute atomic E-state index is 13.1. The van der Waals surface area contributed by atoms with Gasteiger partial charge in [-0.15, -0.1) is 0 Å². The van der Waals surface area contributed by atoms with Gasteiger partial charge in [0.05, 0.1) is 0 Å². The summed E-state index contributed by atoms with van der Waals surface area (Å²) in [6, 6.07) is 7.18. The molecule has 0 radical (unpaired) electrons. The van der Waals surface area contributed by atoms with Crippen LogP contribution in [-0.2, 0) is 5.41 Å². The highest BCUT2D eigenvalue weighted by Crippen LogP contribution is 2.47. The van der Waals surface area contributed by atoms with Gasteiger partial charge in [-0.3, -0.25) is 0 Å². The second kappa shape index (κ2) is 4.72. The Labute approximate surface area is 108 Å². The summed E-state index contributed by atoms with van der Waals surface area (Å²) < 4.78 is 13.1. The van der Waals surface area contributed by atoms with E-state index < -0.39 is 0 Å². The van der Waals surface area contributed by atoms with Crippen molar-refractivity contribution >= 4 is 0 Å². The molecule has 0 atom stereocenters. The predicted octanol–water partition coefficient (Wildman–Crippen LogP) is 4.77. The number of allylic oxidation sites excluding steroid dienone is 4. The Bertz CT molecular complexity index is 449. The lowest BCUT2D eigenvalue weighted by atomic mass is 9.62.